The van der Waals surface area contributed by atoms with Crippen molar-refractivity contribution in [3.8, 4) is 0 Å². The monoisotopic (exact) mass is 729 g/mol. The van der Waals surface area contributed by atoms with E-state index < -0.39 is 42.0 Å². The molecular weight excluding hydrogens is 678 g/mol. The van der Waals surface area contributed by atoms with Crippen molar-refractivity contribution in [3.63, 3.8) is 0 Å². The zero-order valence-electron chi connectivity index (χ0n) is 30.4. The predicted octanol–water partition coefficient (Wildman–Crippen LogP) is 8.50. The van der Waals surface area contributed by atoms with Crippen LogP contribution in [0.1, 0.15) is 71.3 Å². The molecule has 49 heavy (non-hydrogen) atoms. The Morgan fingerprint density at radius 1 is 0.939 bits per heavy atom. The fourth-order valence-corrected chi connectivity index (χ4v) is 7.11. The number of nitrogens with zero attached hydrogens (tertiary/aromatic N) is 1. The largest absolute Gasteiger partial charge is 0.444 e. The van der Waals surface area contributed by atoms with Gasteiger partial charge in [-0.3, -0.25) is 4.79 Å². The molecule has 0 saturated carbocycles. The number of aryl methyl sites for hydroxylation is 1. The highest BCUT2D eigenvalue weighted by atomic mass is 35.5. The maximum atomic E-state index is 13.7. The third-order valence-electron chi connectivity index (χ3n) is 8.49. The van der Waals surface area contributed by atoms with Crippen LogP contribution in [0.3, 0.4) is 0 Å². The van der Waals surface area contributed by atoms with Gasteiger partial charge < -0.3 is 19.4 Å². The van der Waals surface area contributed by atoms with E-state index in [-0.39, 0.29) is 28.9 Å². The SMILES string of the molecule is Cc1ccc(S(=O)(=O)NC(=O)Cc2ccc(NC[C@@H](C)N(C[C@H](O[Si](C)(C)C(C)(C)C)c3cccc(Cl)c3)C(=O)OC(C)(C)C)cc2)cc1. The lowest BCUT2D eigenvalue weighted by molar-refractivity contribution is -0.118. The Labute approximate surface area is 298 Å². The van der Waals surface area contributed by atoms with E-state index in [0.29, 0.717) is 17.1 Å². The summed E-state index contributed by atoms with van der Waals surface area (Å²) in [4.78, 5) is 28.0. The van der Waals surface area contributed by atoms with Crippen molar-refractivity contribution in [1.82, 2.24) is 9.62 Å². The van der Waals surface area contributed by atoms with E-state index >= 15 is 0 Å². The minimum atomic E-state index is -3.96. The molecule has 9 nitrogen and oxygen atoms in total. The lowest BCUT2D eigenvalue weighted by Gasteiger charge is -2.41. The molecule has 0 unspecified atom stereocenters. The number of ether oxygens (including phenoxy) is 1. The van der Waals surface area contributed by atoms with Gasteiger partial charge in [0.05, 0.1) is 24.0 Å². The lowest BCUT2D eigenvalue weighted by Crippen LogP contribution is -2.49. The highest BCUT2D eigenvalue weighted by Crippen LogP contribution is 2.40. The Bertz CT molecular complexity index is 1680. The number of halogens is 1. The van der Waals surface area contributed by atoms with Gasteiger partial charge in [0.15, 0.2) is 8.32 Å². The quantitative estimate of drug-likeness (QED) is 0.170. The standard InChI is InChI=1S/C37H52ClN3O6SSi/c1-26-14-20-32(21-15-26)48(44,45)40-34(42)22-28-16-18-31(19-17-28)39-24-27(2)41(35(43)46-36(3,4)5)25-33(29-12-11-13-30(38)23-29)47-49(9,10)37(6,7)8/h11-21,23,27,33,39H,22,24-25H2,1-10H3,(H,40,42)/t27-,33+/m1/s1. The Balaban J connectivity index is 1.75. The van der Waals surface area contributed by atoms with Crippen LogP contribution in [0.5, 0.6) is 0 Å². The number of sulfonamides is 1. The van der Waals surface area contributed by atoms with Gasteiger partial charge in [0.2, 0.25) is 5.91 Å². The van der Waals surface area contributed by atoms with Gasteiger partial charge in [-0.05, 0) is 100 Å². The first kappa shape index (κ1) is 40.0. The molecule has 0 fully saturated rings. The van der Waals surface area contributed by atoms with E-state index in [4.69, 9.17) is 20.8 Å². The van der Waals surface area contributed by atoms with Crippen LogP contribution in [-0.4, -0.2) is 58.4 Å². The Morgan fingerprint density at radius 2 is 1.55 bits per heavy atom. The minimum Gasteiger partial charge on any atom is -0.444 e. The van der Waals surface area contributed by atoms with Crippen LogP contribution in [0.15, 0.2) is 77.7 Å². The Morgan fingerprint density at radius 3 is 2.10 bits per heavy atom. The van der Waals surface area contributed by atoms with Crippen molar-refractivity contribution in [2.24, 2.45) is 0 Å². The highest BCUT2D eigenvalue weighted by Gasteiger charge is 2.41. The van der Waals surface area contributed by atoms with Crippen LogP contribution in [0.2, 0.25) is 23.2 Å². The molecule has 0 aromatic heterocycles. The molecule has 0 aliphatic carbocycles. The molecule has 268 valence electrons. The normalized spacial score (nSPS) is 13.7. The second-order valence-corrected chi connectivity index (χ2v) is 21.9. The van der Waals surface area contributed by atoms with E-state index in [1.165, 1.54) is 12.1 Å². The zero-order chi connectivity index (χ0) is 36.8. The number of hydrogen-bond donors (Lipinski definition) is 2. The molecule has 0 aliphatic heterocycles. The van der Waals surface area contributed by atoms with Crippen molar-refractivity contribution in [2.45, 2.75) is 103 Å². The first-order valence-electron chi connectivity index (χ1n) is 16.4. The number of amides is 2. The average molecular weight is 730 g/mol. The predicted molar refractivity (Wildman–Crippen MR) is 200 cm³/mol. The van der Waals surface area contributed by atoms with Gasteiger partial charge in [-0.1, -0.05) is 74.3 Å². The second-order valence-electron chi connectivity index (χ2n) is 15.0. The van der Waals surface area contributed by atoms with Crippen LogP contribution in [0.4, 0.5) is 10.5 Å². The molecule has 3 aromatic rings. The fraction of sp³-hybridized carbons (Fsp3) is 0.459. The molecular formula is C37H52ClN3O6SSi. The number of anilines is 1. The van der Waals surface area contributed by atoms with Gasteiger partial charge in [0, 0.05) is 23.3 Å². The van der Waals surface area contributed by atoms with Gasteiger partial charge in [-0.15, -0.1) is 0 Å². The number of carbonyl (C=O) groups excluding carboxylic acids is 2. The Hall–Kier alpha value is -3.38. The summed E-state index contributed by atoms with van der Waals surface area (Å²) >= 11 is 6.41. The smallest absolute Gasteiger partial charge is 0.410 e. The molecule has 0 bridgehead atoms. The molecule has 2 N–H and O–H groups in total. The number of benzene rings is 3. The third-order valence-corrected chi connectivity index (χ3v) is 14.6. The summed E-state index contributed by atoms with van der Waals surface area (Å²) in [5, 5.41) is 3.91. The fourth-order valence-electron chi connectivity index (χ4n) is 4.65. The van der Waals surface area contributed by atoms with E-state index in [1.54, 1.807) is 29.2 Å². The van der Waals surface area contributed by atoms with Crippen molar-refractivity contribution in [2.75, 3.05) is 18.4 Å². The molecule has 2 amide bonds. The summed E-state index contributed by atoms with van der Waals surface area (Å²) < 4.78 is 40.1. The molecule has 0 aliphatic rings. The third kappa shape index (κ3) is 12.2. The summed E-state index contributed by atoms with van der Waals surface area (Å²) in [5.74, 6) is -0.628. The van der Waals surface area contributed by atoms with Crippen LogP contribution in [0.25, 0.3) is 0 Å². The lowest BCUT2D eigenvalue weighted by atomic mass is 10.1. The molecule has 0 spiro atoms. The number of hydrogen-bond acceptors (Lipinski definition) is 7. The van der Waals surface area contributed by atoms with E-state index in [2.05, 4.69) is 43.9 Å². The van der Waals surface area contributed by atoms with Crippen LogP contribution in [-0.2, 0) is 30.4 Å². The summed E-state index contributed by atoms with van der Waals surface area (Å²) in [7, 11) is -6.24. The minimum absolute atomic E-state index is 0.0333. The van der Waals surface area contributed by atoms with Gasteiger partial charge in [-0.25, -0.2) is 17.9 Å². The molecule has 0 saturated heterocycles. The van der Waals surface area contributed by atoms with Gasteiger partial charge in [-0.2, -0.15) is 0 Å². The first-order valence-corrected chi connectivity index (χ1v) is 21.2. The molecule has 3 rings (SSSR count). The zero-order valence-corrected chi connectivity index (χ0v) is 33.0. The number of nitrogens with one attached hydrogen (secondary N) is 2. The maximum absolute atomic E-state index is 13.7. The molecule has 0 radical (unpaired) electrons. The van der Waals surface area contributed by atoms with E-state index in [1.807, 2.05) is 71.0 Å². The van der Waals surface area contributed by atoms with Crippen LogP contribution >= 0.6 is 11.6 Å². The first-order chi connectivity index (χ1) is 22.6. The van der Waals surface area contributed by atoms with Crippen LogP contribution in [0, 0.1) is 6.92 Å². The highest BCUT2D eigenvalue weighted by molar-refractivity contribution is 7.90. The van der Waals surface area contributed by atoms with Gasteiger partial charge in [0.1, 0.15) is 5.60 Å². The maximum Gasteiger partial charge on any atom is 0.410 e. The van der Waals surface area contributed by atoms with E-state index in [0.717, 1.165) is 16.8 Å². The average Bonchev–Trinajstić information content (AvgIpc) is 2.97. The molecule has 3 aromatic carbocycles. The summed E-state index contributed by atoms with van der Waals surface area (Å²) in [6.07, 6.45) is -0.989. The number of rotatable bonds is 13. The Kier molecular flexibility index (Phi) is 13.2. The summed E-state index contributed by atoms with van der Waals surface area (Å²) in [6, 6.07) is 20.7. The van der Waals surface area contributed by atoms with Crippen molar-refractivity contribution >= 4 is 47.6 Å². The number of carbonyl (C=O) groups is 2. The summed E-state index contributed by atoms with van der Waals surface area (Å²) in [6.45, 7) is 20.9. The van der Waals surface area contributed by atoms with Gasteiger partial charge in [0.25, 0.3) is 10.0 Å². The van der Waals surface area contributed by atoms with Crippen molar-refractivity contribution < 1.29 is 27.2 Å². The topological polar surface area (TPSA) is 114 Å². The van der Waals surface area contributed by atoms with Crippen molar-refractivity contribution in [3.05, 3.63) is 94.5 Å². The molecule has 0 heterocycles. The van der Waals surface area contributed by atoms with E-state index in [9.17, 15) is 18.0 Å². The summed E-state index contributed by atoms with van der Waals surface area (Å²) in [5.41, 5.74) is 2.53. The van der Waals surface area contributed by atoms with Crippen LogP contribution < -0.4 is 10.0 Å². The molecule has 2 atom stereocenters. The van der Waals surface area contributed by atoms with Gasteiger partial charge >= 0.3 is 6.09 Å². The molecule has 12 heteroatoms. The van der Waals surface area contributed by atoms with Crippen molar-refractivity contribution in [1.29, 1.82) is 0 Å². The second kappa shape index (κ2) is 16.1.